The minimum Gasteiger partial charge on any atom is -0.456 e. The van der Waals surface area contributed by atoms with Crippen LogP contribution in [-0.2, 0) is 6.42 Å². The van der Waals surface area contributed by atoms with Gasteiger partial charge in [-0.1, -0.05) is 153 Å². The Morgan fingerprint density at radius 2 is 1.00 bits per heavy atom. The third-order valence-electron chi connectivity index (χ3n) is 11.4. The molecule has 0 bridgehead atoms. The van der Waals surface area contributed by atoms with E-state index in [1.54, 1.807) is 0 Å². The molecule has 5 nitrogen and oxygen atoms in total. The van der Waals surface area contributed by atoms with Gasteiger partial charge in [-0.25, -0.2) is 15.0 Å². The molecule has 3 aromatic heterocycles. The number of rotatable bonds is 8. The summed E-state index contributed by atoms with van der Waals surface area (Å²) in [6.45, 7) is 2.21. The third-order valence-corrected chi connectivity index (χ3v) is 11.4. The van der Waals surface area contributed by atoms with Crippen molar-refractivity contribution in [2.45, 2.75) is 19.8 Å². The van der Waals surface area contributed by atoms with Crippen molar-refractivity contribution in [1.29, 1.82) is 0 Å². The molecule has 11 rings (SSSR count). The van der Waals surface area contributed by atoms with E-state index in [0.717, 1.165) is 85.1 Å². The number of hydrogen-bond acceptors (Lipinski definition) is 4. The van der Waals surface area contributed by atoms with E-state index in [9.17, 15) is 0 Å². The maximum Gasteiger partial charge on any atom is 0.164 e. The number of aromatic nitrogens is 4. The lowest BCUT2D eigenvalue weighted by molar-refractivity contribution is 0.661. The number of para-hydroxylation sites is 2. The van der Waals surface area contributed by atoms with Crippen LogP contribution in [0.4, 0.5) is 0 Å². The van der Waals surface area contributed by atoms with E-state index < -0.39 is 0 Å². The summed E-state index contributed by atoms with van der Waals surface area (Å²) in [7, 11) is 0. The molecule has 11 aromatic rings. The summed E-state index contributed by atoms with van der Waals surface area (Å²) >= 11 is 0. The lowest BCUT2D eigenvalue weighted by Gasteiger charge is -2.16. The number of aryl methyl sites for hydroxylation is 1. The molecule has 0 radical (unpaired) electrons. The number of benzene rings is 8. The monoisotopic (exact) mass is 758 g/mol. The van der Waals surface area contributed by atoms with Gasteiger partial charge < -0.3 is 8.98 Å². The Hall–Kier alpha value is -7.63. The van der Waals surface area contributed by atoms with Crippen molar-refractivity contribution in [2.24, 2.45) is 0 Å². The van der Waals surface area contributed by atoms with E-state index >= 15 is 0 Å². The SMILES string of the molecule is CCCc1cccc2c1oc1cc(-c3ccc4c(c3)c3ccccc3n4-c3ccc(-c4nc(-c5ccccc5)nc(-c5ccccc5)n4)cc3-c3ccccc3)ccc12. The molecule has 0 saturated carbocycles. The Morgan fingerprint density at radius 1 is 0.424 bits per heavy atom. The second kappa shape index (κ2) is 14.4. The van der Waals surface area contributed by atoms with Crippen LogP contribution in [0.5, 0.6) is 0 Å². The van der Waals surface area contributed by atoms with Crippen LogP contribution in [0.2, 0.25) is 0 Å². The van der Waals surface area contributed by atoms with Crippen molar-refractivity contribution >= 4 is 43.7 Å². The van der Waals surface area contributed by atoms with Crippen molar-refractivity contribution in [2.75, 3.05) is 0 Å². The zero-order valence-corrected chi connectivity index (χ0v) is 32.5. The fraction of sp³-hybridized carbons (Fsp3) is 0.0556. The quantitative estimate of drug-likeness (QED) is 0.155. The molecule has 0 aliphatic heterocycles. The minimum absolute atomic E-state index is 0.622. The molecule has 0 N–H and O–H groups in total. The average molecular weight is 759 g/mol. The van der Waals surface area contributed by atoms with E-state index in [0.29, 0.717) is 17.5 Å². The van der Waals surface area contributed by atoms with Gasteiger partial charge in [0.25, 0.3) is 0 Å². The Labute approximate surface area is 341 Å². The second-order valence-electron chi connectivity index (χ2n) is 15.1. The molecule has 0 aliphatic carbocycles. The Kier molecular flexibility index (Phi) is 8.44. The second-order valence-corrected chi connectivity index (χ2v) is 15.1. The van der Waals surface area contributed by atoms with E-state index in [1.165, 1.54) is 21.7 Å². The Morgan fingerprint density at radius 3 is 1.71 bits per heavy atom. The van der Waals surface area contributed by atoms with Gasteiger partial charge in [0.15, 0.2) is 17.5 Å². The Balaban J connectivity index is 1.08. The maximum atomic E-state index is 6.56. The fourth-order valence-electron chi connectivity index (χ4n) is 8.57. The highest BCUT2D eigenvalue weighted by Gasteiger charge is 2.20. The van der Waals surface area contributed by atoms with Crippen LogP contribution in [0.25, 0.3) is 106 Å². The predicted octanol–water partition coefficient (Wildman–Crippen LogP) is 14.2. The first kappa shape index (κ1) is 34.6. The fourth-order valence-corrected chi connectivity index (χ4v) is 8.57. The van der Waals surface area contributed by atoms with Gasteiger partial charge in [-0.2, -0.15) is 0 Å². The van der Waals surface area contributed by atoms with Crippen LogP contribution in [0.15, 0.2) is 192 Å². The zero-order chi connectivity index (χ0) is 39.3. The van der Waals surface area contributed by atoms with Crippen LogP contribution in [0.3, 0.4) is 0 Å². The molecular formula is C54H38N4O. The predicted molar refractivity (Wildman–Crippen MR) is 243 cm³/mol. The maximum absolute atomic E-state index is 6.56. The first-order chi connectivity index (χ1) is 29.2. The zero-order valence-electron chi connectivity index (χ0n) is 32.5. The molecule has 5 heteroatoms. The van der Waals surface area contributed by atoms with Crippen LogP contribution in [-0.4, -0.2) is 19.5 Å². The van der Waals surface area contributed by atoms with Crippen LogP contribution >= 0.6 is 0 Å². The minimum atomic E-state index is 0.622. The molecule has 0 atom stereocenters. The summed E-state index contributed by atoms with van der Waals surface area (Å²) in [5.41, 5.74) is 13.8. The van der Waals surface area contributed by atoms with E-state index in [4.69, 9.17) is 19.4 Å². The van der Waals surface area contributed by atoms with Gasteiger partial charge in [0.05, 0.1) is 16.7 Å². The number of furan rings is 1. The number of fused-ring (bicyclic) bond motifs is 6. The molecule has 0 fully saturated rings. The van der Waals surface area contributed by atoms with Crippen molar-refractivity contribution in [1.82, 2.24) is 19.5 Å². The summed E-state index contributed by atoms with van der Waals surface area (Å²) in [4.78, 5) is 15.1. The summed E-state index contributed by atoms with van der Waals surface area (Å²) < 4.78 is 8.96. The molecule has 0 aliphatic rings. The highest BCUT2D eigenvalue weighted by Crippen LogP contribution is 2.41. The van der Waals surface area contributed by atoms with Gasteiger partial charge in [-0.05, 0) is 77.2 Å². The summed E-state index contributed by atoms with van der Waals surface area (Å²) in [5, 5.41) is 4.72. The molecule has 0 amide bonds. The lowest BCUT2D eigenvalue weighted by Crippen LogP contribution is -2.02. The molecule has 0 spiro atoms. The average Bonchev–Trinajstić information content (AvgIpc) is 3.85. The number of nitrogens with zero attached hydrogens (tertiary/aromatic N) is 4. The highest BCUT2D eigenvalue weighted by atomic mass is 16.3. The van der Waals surface area contributed by atoms with E-state index in [1.807, 2.05) is 60.7 Å². The topological polar surface area (TPSA) is 56.7 Å². The lowest BCUT2D eigenvalue weighted by atomic mass is 9.99. The summed E-state index contributed by atoms with van der Waals surface area (Å²) in [6, 6.07) is 66.1. The van der Waals surface area contributed by atoms with Gasteiger partial charge in [0.1, 0.15) is 11.2 Å². The van der Waals surface area contributed by atoms with Crippen molar-refractivity contribution in [3.8, 4) is 62.1 Å². The molecule has 3 heterocycles. The Bertz CT molecular complexity index is 3270. The van der Waals surface area contributed by atoms with Gasteiger partial charge >= 0.3 is 0 Å². The van der Waals surface area contributed by atoms with Gasteiger partial charge in [0.2, 0.25) is 0 Å². The standard InChI is InChI=1S/C54H38N4O/c1-2-15-36-22-14-24-44-43-29-26-40(34-50(43)59-51(36)44)39-27-30-49-46(32-39)42-23-12-13-25-47(42)58(49)48-31-28-41(33-45(48)35-16-6-3-7-17-35)54-56-52(37-18-8-4-9-19-37)55-53(57-54)38-20-10-5-11-21-38/h3-14,16-34H,2,15H2,1H3. The molecular weight excluding hydrogens is 721 g/mol. The number of hydrogen-bond donors (Lipinski definition) is 0. The largest absolute Gasteiger partial charge is 0.456 e. The van der Waals surface area contributed by atoms with E-state index in [2.05, 4.69) is 139 Å². The third kappa shape index (κ3) is 6.07. The molecule has 8 aromatic carbocycles. The van der Waals surface area contributed by atoms with Crippen molar-refractivity contribution < 1.29 is 4.42 Å². The van der Waals surface area contributed by atoms with Gasteiger partial charge in [-0.15, -0.1) is 0 Å². The smallest absolute Gasteiger partial charge is 0.164 e. The van der Waals surface area contributed by atoms with Crippen LogP contribution in [0.1, 0.15) is 18.9 Å². The molecule has 59 heavy (non-hydrogen) atoms. The highest BCUT2D eigenvalue weighted by molar-refractivity contribution is 6.12. The van der Waals surface area contributed by atoms with E-state index in [-0.39, 0.29) is 0 Å². The molecule has 280 valence electrons. The first-order valence-electron chi connectivity index (χ1n) is 20.2. The summed E-state index contributed by atoms with van der Waals surface area (Å²) in [6.07, 6.45) is 2.08. The summed E-state index contributed by atoms with van der Waals surface area (Å²) in [5.74, 6) is 1.90. The first-order valence-corrected chi connectivity index (χ1v) is 20.2. The molecule has 0 unspecified atom stereocenters. The van der Waals surface area contributed by atoms with Crippen molar-refractivity contribution in [3.63, 3.8) is 0 Å². The van der Waals surface area contributed by atoms with Crippen LogP contribution in [0, 0.1) is 0 Å². The molecule has 0 saturated heterocycles. The van der Waals surface area contributed by atoms with Crippen molar-refractivity contribution in [3.05, 3.63) is 194 Å². The normalized spacial score (nSPS) is 11.6. The van der Waals surface area contributed by atoms with Crippen LogP contribution < -0.4 is 0 Å². The van der Waals surface area contributed by atoms with Gasteiger partial charge in [-0.3, -0.25) is 0 Å². The van der Waals surface area contributed by atoms with Gasteiger partial charge in [0, 0.05) is 43.8 Å².